The summed E-state index contributed by atoms with van der Waals surface area (Å²) in [5.74, 6) is -0.0253. The van der Waals surface area contributed by atoms with Crippen molar-refractivity contribution in [1.82, 2.24) is 4.90 Å². The van der Waals surface area contributed by atoms with Crippen LogP contribution in [0.15, 0.2) is 24.3 Å². The van der Waals surface area contributed by atoms with Crippen LogP contribution in [0.2, 0.25) is 0 Å². The molecule has 1 heterocycles. The van der Waals surface area contributed by atoms with Crippen LogP contribution in [0, 0.1) is 12.0 Å². The van der Waals surface area contributed by atoms with Crippen LogP contribution < -0.4 is 4.74 Å². The van der Waals surface area contributed by atoms with Gasteiger partial charge in [0, 0.05) is 45.7 Å². The fourth-order valence-electron chi connectivity index (χ4n) is 2.22. The molecule has 23 heavy (non-hydrogen) atoms. The molecule has 7 heteroatoms. The molecule has 1 aromatic rings. The zero-order valence-corrected chi connectivity index (χ0v) is 15.9. The van der Waals surface area contributed by atoms with Gasteiger partial charge in [-0.3, -0.25) is 4.79 Å². The molecule has 0 fully saturated rings. The fraction of sp³-hybridized carbons (Fsp3) is 0.438. The molecule has 0 saturated heterocycles. The van der Waals surface area contributed by atoms with Gasteiger partial charge in [0.05, 0.1) is 6.54 Å². The molecule has 1 aliphatic heterocycles. The predicted octanol–water partition coefficient (Wildman–Crippen LogP) is 2.94. The van der Waals surface area contributed by atoms with Crippen molar-refractivity contribution >= 4 is 11.6 Å². The van der Waals surface area contributed by atoms with Crippen LogP contribution in [-0.2, 0) is 42.2 Å². The van der Waals surface area contributed by atoms with Crippen molar-refractivity contribution in [1.29, 1.82) is 0 Å². The van der Waals surface area contributed by atoms with E-state index in [0.717, 1.165) is 4.90 Å². The Balaban J connectivity index is 0.00000264. The van der Waals surface area contributed by atoms with Gasteiger partial charge in [-0.2, -0.15) is 5.56 Å². The summed E-state index contributed by atoms with van der Waals surface area (Å²) in [5, 5.41) is 0. The Morgan fingerprint density at radius 2 is 2.00 bits per heavy atom. The number of hydrogen-bond donors (Lipinski definition) is 0. The number of benzene rings is 1. The van der Waals surface area contributed by atoms with Crippen LogP contribution >= 0.6 is 0 Å². The van der Waals surface area contributed by atoms with Gasteiger partial charge >= 0.3 is 0 Å². The molecule has 1 amide bonds. The zero-order valence-electron chi connectivity index (χ0n) is 13.1. The average molecular weight is 399 g/mol. The van der Waals surface area contributed by atoms with Gasteiger partial charge in [-0.05, 0) is 12.1 Å². The maximum Gasteiger partial charge on any atom is 0.256 e. The number of nitrogens with zero attached hydrogens (tertiary/aromatic N) is 1. The number of alkyl halides is 2. The Bertz CT molecular complexity index is 549. The number of hydrogen-bond acceptors (Lipinski definition) is 3. The third-order valence-electron chi connectivity index (χ3n) is 3.32. The summed E-state index contributed by atoms with van der Waals surface area (Å²) in [4.78, 5) is 13.3. The van der Waals surface area contributed by atoms with Crippen LogP contribution in [0.3, 0.4) is 0 Å². The van der Waals surface area contributed by atoms with Crippen LogP contribution in [0.25, 0.3) is 5.70 Å². The summed E-state index contributed by atoms with van der Waals surface area (Å²) in [5.41, 5.74) is 1.06. The van der Waals surface area contributed by atoms with Crippen LogP contribution in [0.4, 0.5) is 8.78 Å². The smallest absolute Gasteiger partial charge is 0.256 e. The van der Waals surface area contributed by atoms with Gasteiger partial charge in [0.25, 0.3) is 6.43 Å². The van der Waals surface area contributed by atoms with Crippen molar-refractivity contribution in [2.75, 3.05) is 20.4 Å². The van der Waals surface area contributed by atoms with Gasteiger partial charge in [0.1, 0.15) is 5.75 Å². The van der Waals surface area contributed by atoms with Crippen LogP contribution in [0.1, 0.15) is 18.9 Å². The second-order valence-corrected chi connectivity index (χ2v) is 5.05. The predicted molar refractivity (Wildman–Crippen MR) is 77.1 cm³/mol. The largest absolute Gasteiger partial charge is 0.468 e. The summed E-state index contributed by atoms with van der Waals surface area (Å²) < 4.78 is 35.6. The maximum atomic E-state index is 12.7. The Hall–Kier alpha value is -0.846. The minimum absolute atomic E-state index is 0. The van der Waals surface area contributed by atoms with Gasteiger partial charge in [-0.25, -0.2) is 14.9 Å². The summed E-state index contributed by atoms with van der Waals surface area (Å²) in [6.07, 6.45) is 0.895. The molecule has 1 radical (unpaired) electrons. The minimum Gasteiger partial charge on any atom is -0.468 e. The number of amides is 1. The molecule has 2 rings (SSSR count). The Morgan fingerprint density at radius 1 is 1.35 bits per heavy atom. The molecule has 0 spiro atoms. The standard InChI is InChI=1S/C16H18F2NO3.Y/c1-11-3-8-14(19(16(11)20)9-15(17)18)12-4-6-13(7-5-12)22-10-21-2;/h4-7,11,15H,3,9-10H2,1-2H3;/q-1;. The topological polar surface area (TPSA) is 38.8 Å². The van der Waals surface area contributed by atoms with E-state index in [2.05, 4.69) is 6.08 Å². The summed E-state index contributed by atoms with van der Waals surface area (Å²) >= 11 is 0. The number of rotatable bonds is 6. The van der Waals surface area contributed by atoms with Gasteiger partial charge in [-0.1, -0.05) is 13.3 Å². The first-order valence-corrected chi connectivity index (χ1v) is 6.95. The third kappa shape index (κ3) is 5.33. The molecule has 0 aliphatic carbocycles. The van der Waals surface area contributed by atoms with E-state index in [1.54, 1.807) is 31.2 Å². The van der Waals surface area contributed by atoms with Crippen molar-refractivity contribution in [3.05, 3.63) is 35.9 Å². The van der Waals surface area contributed by atoms with Gasteiger partial charge < -0.3 is 14.4 Å². The van der Waals surface area contributed by atoms with E-state index >= 15 is 0 Å². The first-order valence-electron chi connectivity index (χ1n) is 6.95. The van der Waals surface area contributed by atoms with Crippen molar-refractivity contribution in [2.45, 2.75) is 19.8 Å². The quantitative estimate of drug-likeness (QED) is 0.546. The first-order chi connectivity index (χ1) is 10.5. The minimum atomic E-state index is -2.59. The zero-order chi connectivity index (χ0) is 16.1. The summed E-state index contributed by atoms with van der Waals surface area (Å²) in [6, 6.07) is 6.84. The monoisotopic (exact) mass is 399 g/mol. The molecule has 1 atom stereocenters. The molecule has 123 valence electrons. The average Bonchev–Trinajstić information content (AvgIpc) is 2.50. The number of ether oxygens (including phenoxy) is 2. The molecule has 0 aromatic heterocycles. The SMILES string of the molecule is COCOc1ccc(C2=[C-]CC(C)C(=O)N2CC(F)F)cc1.[Y]. The van der Waals surface area contributed by atoms with E-state index in [4.69, 9.17) is 9.47 Å². The van der Waals surface area contributed by atoms with E-state index in [1.807, 2.05) is 0 Å². The van der Waals surface area contributed by atoms with Gasteiger partial charge in [0.2, 0.25) is 5.91 Å². The van der Waals surface area contributed by atoms with E-state index in [0.29, 0.717) is 23.4 Å². The Labute approximate surface area is 159 Å². The molecule has 1 unspecified atom stereocenters. The molecular formula is C16H18F2NO3Y-. The van der Waals surface area contributed by atoms with Gasteiger partial charge in [0.15, 0.2) is 6.79 Å². The first kappa shape index (κ1) is 20.2. The fourth-order valence-corrected chi connectivity index (χ4v) is 2.22. The number of carbonyl (C=O) groups is 1. The summed E-state index contributed by atoms with van der Waals surface area (Å²) in [6.45, 7) is 1.22. The Morgan fingerprint density at radius 3 is 2.57 bits per heavy atom. The second kappa shape index (κ2) is 9.45. The van der Waals surface area contributed by atoms with E-state index in [9.17, 15) is 13.6 Å². The molecule has 1 aromatic carbocycles. The molecule has 0 saturated carbocycles. The Kier molecular flexibility index (Phi) is 8.30. The number of methoxy groups -OCH3 is 1. The third-order valence-corrected chi connectivity index (χ3v) is 3.32. The number of carbonyl (C=O) groups excluding carboxylic acids is 1. The van der Waals surface area contributed by atoms with Crippen molar-refractivity contribution < 1.29 is 55.8 Å². The number of halogens is 2. The maximum absolute atomic E-state index is 12.7. The molecule has 1 aliphatic rings. The van der Waals surface area contributed by atoms with E-state index < -0.39 is 13.0 Å². The molecule has 0 bridgehead atoms. The summed E-state index contributed by atoms with van der Waals surface area (Å²) in [7, 11) is 1.52. The normalized spacial score (nSPS) is 17.8. The molecule has 0 N–H and O–H groups in total. The van der Waals surface area contributed by atoms with Gasteiger partial charge in [-0.15, -0.1) is 17.8 Å². The molecule has 4 nitrogen and oxygen atoms in total. The van der Waals surface area contributed by atoms with E-state index in [-0.39, 0.29) is 51.3 Å². The molecular weight excluding hydrogens is 381 g/mol. The van der Waals surface area contributed by atoms with Crippen LogP contribution in [0.5, 0.6) is 5.75 Å². The van der Waals surface area contributed by atoms with Crippen molar-refractivity contribution in [2.24, 2.45) is 5.92 Å². The van der Waals surface area contributed by atoms with Crippen molar-refractivity contribution in [3.8, 4) is 5.75 Å². The number of allylic oxidation sites excluding steroid dienone is 1. The second-order valence-electron chi connectivity index (χ2n) is 5.05. The van der Waals surface area contributed by atoms with Crippen LogP contribution in [-0.4, -0.2) is 37.7 Å². The van der Waals surface area contributed by atoms with E-state index in [1.165, 1.54) is 7.11 Å². The van der Waals surface area contributed by atoms with Crippen molar-refractivity contribution in [3.63, 3.8) is 0 Å².